The van der Waals surface area contributed by atoms with Gasteiger partial charge in [0.15, 0.2) is 5.51 Å². The Morgan fingerprint density at radius 3 is 2.80 bits per heavy atom. The SMILES string of the molecule is CC(C)(CCl)c1nn[c]s1. The standard InChI is InChI=1S/C6H8ClN2S/c1-6(2,3-7)5-9-8-4-10-5/h3H2,1-2H3. The van der Waals surface area contributed by atoms with Crippen molar-refractivity contribution in [1.82, 2.24) is 10.2 Å². The molecule has 0 saturated carbocycles. The van der Waals surface area contributed by atoms with Crippen LogP contribution in [-0.2, 0) is 5.41 Å². The Morgan fingerprint density at radius 1 is 1.70 bits per heavy atom. The van der Waals surface area contributed by atoms with Crippen molar-refractivity contribution >= 4 is 22.9 Å². The summed E-state index contributed by atoms with van der Waals surface area (Å²) in [5.74, 6) is 0.566. The number of nitrogens with zero attached hydrogens (tertiary/aromatic N) is 2. The van der Waals surface area contributed by atoms with Gasteiger partial charge in [-0.05, 0) is 0 Å². The summed E-state index contributed by atoms with van der Waals surface area (Å²) in [7, 11) is 0. The van der Waals surface area contributed by atoms with Gasteiger partial charge < -0.3 is 0 Å². The summed E-state index contributed by atoms with van der Waals surface area (Å²) in [6, 6.07) is 0. The Bertz CT molecular complexity index is 196. The zero-order valence-electron chi connectivity index (χ0n) is 5.89. The highest BCUT2D eigenvalue weighted by atomic mass is 35.5. The van der Waals surface area contributed by atoms with Gasteiger partial charge in [0.2, 0.25) is 0 Å². The Morgan fingerprint density at radius 2 is 2.40 bits per heavy atom. The molecule has 1 radical (unpaired) electrons. The molecule has 55 valence electrons. The van der Waals surface area contributed by atoms with E-state index in [4.69, 9.17) is 11.6 Å². The molecule has 0 bridgehead atoms. The lowest BCUT2D eigenvalue weighted by Crippen LogP contribution is -2.18. The average Bonchev–Trinajstić information content (AvgIpc) is 2.38. The van der Waals surface area contributed by atoms with Crippen LogP contribution < -0.4 is 0 Å². The van der Waals surface area contributed by atoms with Gasteiger partial charge in [-0.25, -0.2) is 0 Å². The molecular formula is C6H8ClN2S. The molecule has 1 rings (SSSR count). The minimum absolute atomic E-state index is 0.0563. The van der Waals surface area contributed by atoms with Crippen LogP contribution in [0.5, 0.6) is 0 Å². The van der Waals surface area contributed by atoms with Crippen LogP contribution in [0.15, 0.2) is 0 Å². The molecule has 0 N–H and O–H groups in total. The first-order valence-corrected chi connectivity index (χ1v) is 4.28. The van der Waals surface area contributed by atoms with Crippen molar-refractivity contribution in [2.45, 2.75) is 19.3 Å². The first kappa shape index (κ1) is 7.95. The van der Waals surface area contributed by atoms with Gasteiger partial charge in [-0.2, -0.15) is 0 Å². The lowest BCUT2D eigenvalue weighted by Gasteiger charge is -2.15. The van der Waals surface area contributed by atoms with E-state index in [0.29, 0.717) is 5.88 Å². The third kappa shape index (κ3) is 1.47. The van der Waals surface area contributed by atoms with Crippen LogP contribution in [0.4, 0.5) is 0 Å². The molecule has 1 heterocycles. The molecule has 4 heteroatoms. The first-order chi connectivity index (χ1) is 4.67. The maximum Gasteiger partial charge on any atom is 0.178 e. The van der Waals surface area contributed by atoms with E-state index >= 15 is 0 Å². The van der Waals surface area contributed by atoms with Gasteiger partial charge in [-0.1, -0.05) is 25.2 Å². The van der Waals surface area contributed by atoms with Crippen molar-refractivity contribution in [2.24, 2.45) is 0 Å². The first-order valence-electron chi connectivity index (χ1n) is 2.93. The molecule has 0 aromatic carbocycles. The van der Waals surface area contributed by atoms with E-state index in [-0.39, 0.29) is 5.41 Å². The van der Waals surface area contributed by atoms with E-state index < -0.39 is 0 Å². The predicted molar refractivity (Wildman–Crippen MR) is 42.5 cm³/mol. The predicted octanol–water partition coefficient (Wildman–Crippen LogP) is 1.85. The summed E-state index contributed by atoms with van der Waals surface area (Å²) < 4.78 is 0. The number of rotatable bonds is 2. The molecule has 0 amide bonds. The van der Waals surface area contributed by atoms with Crippen molar-refractivity contribution < 1.29 is 0 Å². The number of hydrogen-bond acceptors (Lipinski definition) is 3. The smallest absolute Gasteiger partial charge is 0.142 e. The quantitative estimate of drug-likeness (QED) is 0.642. The second kappa shape index (κ2) is 2.84. The number of halogens is 1. The number of alkyl halides is 1. The molecule has 1 aromatic heterocycles. The van der Waals surface area contributed by atoms with Crippen molar-refractivity contribution in [2.75, 3.05) is 5.88 Å². The molecule has 1 aromatic rings. The minimum Gasteiger partial charge on any atom is -0.142 e. The van der Waals surface area contributed by atoms with E-state index in [1.807, 2.05) is 13.8 Å². The van der Waals surface area contributed by atoms with Crippen molar-refractivity contribution in [3.8, 4) is 0 Å². The monoisotopic (exact) mass is 175 g/mol. The van der Waals surface area contributed by atoms with Crippen molar-refractivity contribution in [1.29, 1.82) is 0 Å². The summed E-state index contributed by atoms with van der Waals surface area (Å²) in [6.45, 7) is 4.07. The van der Waals surface area contributed by atoms with Gasteiger partial charge in [-0.15, -0.1) is 21.8 Å². The minimum atomic E-state index is -0.0563. The van der Waals surface area contributed by atoms with Crippen LogP contribution in [-0.4, -0.2) is 16.1 Å². The molecule has 0 unspecified atom stereocenters. The van der Waals surface area contributed by atoms with E-state index in [9.17, 15) is 0 Å². The Balaban J connectivity index is 2.85. The highest BCUT2D eigenvalue weighted by Crippen LogP contribution is 2.24. The molecular weight excluding hydrogens is 168 g/mol. The van der Waals surface area contributed by atoms with Crippen LogP contribution >= 0.6 is 22.9 Å². The molecule has 2 nitrogen and oxygen atoms in total. The van der Waals surface area contributed by atoms with Gasteiger partial charge in [0.05, 0.1) is 0 Å². The molecule has 0 aliphatic rings. The highest BCUT2D eigenvalue weighted by molar-refractivity contribution is 7.08. The molecule has 0 spiro atoms. The fraction of sp³-hybridized carbons (Fsp3) is 0.667. The molecule has 0 fully saturated rings. The average molecular weight is 176 g/mol. The highest BCUT2D eigenvalue weighted by Gasteiger charge is 2.22. The summed E-state index contributed by atoms with van der Waals surface area (Å²) in [5.41, 5.74) is 2.64. The van der Waals surface area contributed by atoms with Crippen LogP contribution in [0.25, 0.3) is 0 Å². The van der Waals surface area contributed by atoms with Crippen LogP contribution in [0, 0.1) is 5.51 Å². The largest absolute Gasteiger partial charge is 0.178 e. The third-order valence-electron chi connectivity index (χ3n) is 1.24. The molecule has 0 atom stereocenters. The van der Waals surface area contributed by atoms with E-state index in [0.717, 1.165) is 5.01 Å². The Labute approximate surface area is 69.2 Å². The van der Waals surface area contributed by atoms with Crippen LogP contribution in [0.2, 0.25) is 0 Å². The normalized spacial score (nSPS) is 11.9. The Hall–Kier alpha value is -0.150. The zero-order chi connectivity index (χ0) is 7.61. The third-order valence-corrected chi connectivity index (χ3v) is 2.91. The van der Waals surface area contributed by atoms with Crippen molar-refractivity contribution in [3.63, 3.8) is 0 Å². The van der Waals surface area contributed by atoms with E-state index in [1.165, 1.54) is 11.3 Å². The van der Waals surface area contributed by atoms with Gasteiger partial charge >= 0.3 is 0 Å². The molecule has 10 heavy (non-hydrogen) atoms. The van der Waals surface area contributed by atoms with Crippen molar-refractivity contribution in [3.05, 3.63) is 10.5 Å². The van der Waals surface area contributed by atoms with Gasteiger partial charge in [0.1, 0.15) is 5.01 Å². The molecule has 0 aliphatic heterocycles. The summed E-state index contributed by atoms with van der Waals surface area (Å²) in [5, 5.41) is 8.46. The second-order valence-corrected chi connectivity index (χ2v) is 3.76. The summed E-state index contributed by atoms with van der Waals surface area (Å²) in [4.78, 5) is 0. The fourth-order valence-corrected chi connectivity index (χ4v) is 1.28. The maximum absolute atomic E-state index is 5.71. The van der Waals surface area contributed by atoms with Gasteiger partial charge in [0, 0.05) is 11.3 Å². The lowest BCUT2D eigenvalue weighted by molar-refractivity contribution is 0.585. The second-order valence-electron chi connectivity index (χ2n) is 2.72. The lowest BCUT2D eigenvalue weighted by atomic mass is 9.98. The summed E-state index contributed by atoms with van der Waals surface area (Å²) >= 11 is 7.13. The number of aromatic nitrogens is 2. The maximum atomic E-state index is 5.71. The fourth-order valence-electron chi connectivity index (χ4n) is 0.481. The summed E-state index contributed by atoms with van der Waals surface area (Å²) in [6.07, 6.45) is 0. The molecule has 0 aliphatic carbocycles. The Kier molecular flexibility index (Phi) is 2.26. The molecule has 0 saturated heterocycles. The topological polar surface area (TPSA) is 25.8 Å². The zero-order valence-corrected chi connectivity index (χ0v) is 7.46. The van der Waals surface area contributed by atoms with Gasteiger partial charge in [-0.3, -0.25) is 0 Å². The van der Waals surface area contributed by atoms with Crippen LogP contribution in [0.1, 0.15) is 18.9 Å². The van der Waals surface area contributed by atoms with Crippen LogP contribution in [0.3, 0.4) is 0 Å². The number of hydrogen-bond donors (Lipinski definition) is 0. The van der Waals surface area contributed by atoms with Gasteiger partial charge in [0.25, 0.3) is 0 Å². The van der Waals surface area contributed by atoms with E-state index in [2.05, 4.69) is 15.7 Å². The van der Waals surface area contributed by atoms with E-state index in [1.54, 1.807) is 0 Å².